The van der Waals surface area contributed by atoms with Crippen LogP contribution in [0.1, 0.15) is 16.9 Å². The fourth-order valence-corrected chi connectivity index (χ4v) is 2.83. The zero-order valence-corrected chi connectivity index (χ0v) is 12.6. The normalized spacial score (nSPS) is 18.2. The van der Waals surface area contributed by atoms with E-state index in [1.54, 1.807) is 11.4 Å². The van der Waals surface area contributed by atoms with Gasteiger partial charge >= 0.3 is 6.18 Å². The summed E-state index contributed by atoms with van der Waals surface area (Å²) >= 11 is 1.29. The number of amides is 1. The molecule has 0 aromatic carbocycles. The Balaban J connectivity index is 1.63. The standard InChI is InChI=1S/C13H12F3N5OS/c14-13(15,16)8-3-4-21(5-8)11-2-1-10(19-20-11)18-12(22)9-6-23-7-17-9/h1-2,6-8H,3-5H2,(H,18,19,22). The van der Waals surface area contributed by atoms with Crippen molar-refractivity contribution >= 4 is 28.9 Å². The molecule has 0 saturated carbocycles. The summed E-state index contributed by atoms with van der Waals surface area (Å²) in [6.07, 6.45) is -4.14. The molecule has 1 saturated heterocycles. The number of carbonyl (C=O) groups excluding carboxylic acids is 1. The maximum absolute atomic E-state index is 12.7. The molecule has 0 radical (unpaired) electrons. The Morgan fingerprint density at radius 2 is 2.17 bits per heavy atom. The second-order valence-corrected chi connectivity index (χ2v) is 5.80. The number of thiazole rings is 1. The SMILES string of the molecule is O=C(Nc1ccc(N2CCC(C(F)(F)F)C2)nn1)c1cscn1. The minimum Gasteiger partial charge on any atom is -0.354 e. The van der Waals surface area contributed by atoms with Crippen LogP contribution in [0.2, 0.25) is 0 Å². The summed E-state index contributed by atoms with van der Waals surface area (Å²) in [6.45, 7) is 0.159. The lowest BCUT2D eigenvalue weighted by atomic mass is 10.1. The van der Waals surface area contributed by atoms with Gasteiger partial charge in [0.15, 0.2) is 11.6 Å². The first-order valence-electron chi connectivity index (χ1n) is 6.78. The Bertz CT molecular complexity index is 674. The van der Waals surface area contributed by atoms with Crippen LogP contribution in [0.5, 0.6) is 0 Å². The molecule has 23 heavy (non-hydrogen) atoms. The number of hydrogen-bond donors (Lipinski definition) is 1. The molecule has 3 heterocycles. The summed E-state index contributed by atoms with van der Waals surface area (Å²) in [5.41, 5.74) is 1.81. The maximum atomic E-state index is 12.7. The lowest BCUT2D eigenvalue weighted by Crippen LogP contribution is -2.28. The molecule has 6 nitrogen and oxygen atoms in total. The maximum Gasteiger partial charge on any atom is 0.393 e. The van der Waals surface area contributed by atoms with Crippen molar-refractivity contribution in [3.63, 3.8) is 0 Å². The van der Waals surface area contributed by atoms with Crippen LogP contribution in [0.3, 0.4) is 0 Å². The third-order valence-corrected chi connectivity index (χ3v) is 4.12. The number of halogens is 3. The van der Waals surface area contributed by atoms with Crippen molar-refractivity contribution < 1.29 is 18.0 Å². The van der Waals surface area contributed by atoms with Gasteiger partial charge in [0, 0.05) is 18.5 Å². The van der Waals surface area contributed by atoms with E-state index < -0.39 is 18.0 Å². The summed E-state index contributed by atoms with van der Waals surface area (Å²) in [7, 11) is 0. The summed E-state index contributed by atoms with van der Waals surface area (Å²) in [5.74, 6) is -1.17. The predicted molar refractivity (Wildman–Crippen MR) is 78.5 cm³/mol. The van der Waals surface area contributed by atoms with E-state index in [0.29, 0.717) is 5.82 Å². The van der Waals surface area contributed by atoms with E-state index in [1.165, 1.54) is 27.8 Å². The number of nitrogens with one attached hydrogen (secondary N) is 1. The minimum absolute atomic E-state index is 0.0491. The minimum atomic E-state index is -4.19. The molecule has 1 unspecified atom stereocenters. The Morgan fingerprint density at radius 1 is 1.35 bits per heavy atom. The van der Waals surface area contributed by atoms with E-state index >= 15 is 0 Å². The number of anilines is 2. The van der Waals surface area contributed by atoms with Crippen molar-refractivity contribution in [2.75, 3.05) is 23.3 Å². The smallest absolute Gasteiger partial charge is 0.354 e. The quantitative estimate of drug-likeness (QED) is 0.927. The Morgan fingerprint density at radius 3 is 2.74 bits per heavy atom. The molecule has 1 fully saturated rings. The number of nitrogens with zero attached hydrogens (tertiary/aromatic N) is 4. The average molecular weight is 343 g/mol. The van der Waals surface area contributed by atoms with Gasteiger partial charge in [0.05, 0.1) is 11.4 Å². The Hall–Kier alpha value is -2.23. The highest BCUT2D eigenvalue weighted by Gasteiger charge is 2.43. The highest BCUT2D eigenvalue weighted by atomic mass is 32.1. The fraction of sp³-hybridized carbons (Fsp3) is 0.385. The molecule has 1 atom stereocenters. The van der Waals surface area contributed by atoms with Gasteiger partial charge in [0.2, 0.25) is 0 Å². The molecule has 0 aliphatic carbocycles. The lowest BCUT2D eigenvalue weighted by Gasteiger charge is -2.18. The molecule has 1 aliphatic heterocycles. The number of alkyl halides is 3. The van der Waals surface area contributed by atoms with Crippen molar-refractivity contribution in [1.82, 2.24) is 15.2 Å². The fourth-order valence-electron chi connectivity index (χ4n) is 2.30. The Kier molecular flexibility index (Phi) is 4.16. The highest BCUT2D eigenvalue weighted by molar-refractivity contribution is 7.07. The molecule has 10 heteroatoms. The summed E-state index contributed by atoms with van der Waals surface area (Å²) < 4.78 is 38.0. The van der Waals surface area contributed by atoms with Crippen LogP contribution in [-0.4, -0.2) is 40.4 Å². The van der Waals surface area contributed by atoms with Crippen LogP contribution in [0, 0.1) is 5.92 Å². The largest absolute Gasteiger partial charge is 0.393 e. The molecule has 2 aromatic heterocycles. The van der Waals surface area contributed by atoms with Crippen LogP contribution >= 0.6 is 11.3 Å². The Labute approximate surface area is 133 Å². The number of hydrogen-bond acceptors (Lipinski definition) is 6. The zero-order valence-electron chi connectivity index (χ0n) is 11.7. The molecule has 1 aliphatic rings. The number of rotatable bonds is 3. The van der Waals surface area contributed by atoms with Gasteiger partial charge in [0.1, 0.15) is 5.69 Å². The van der Waals surface area contributed by atoms with Gasteiger partial charge in [-0.3, -0.25) is 4.79 Å². The number of carbonyl (C=O) groups is 1. The van der Waals surface area contributed by atoms with Crippen molar-refractivity contribution in [3.8, 4) is 0 Å². The van der Waals surface area contributed by atoms with Crippen LogP contribution in [0.15, 0.2) is 23.0 Å². The van der Waals surface area contributed by atoms with E-state index in [0.717, 1.165) is 0 Å². The van der Waals surface area contributed by atoms with E-state index in [2.05, 4.69) is 20.5 Å². The second kappa shape index (κ2) is 6.11. The summed E-state index contributed by atoms with van der Waals surface area (Å²) in [6, 6.07) is 3.05. The second-order valence-electron chi connectivity index (χ2n) is 5.08. The molecule has 0 spiro atoms. The van der Waals surface area contributed by atoms with Crippen molar-refractivity contribution in [2.45, 2.75) is 12.6 Å². The molecule has 3 rings (SSSR count). The van der Waals surface area contributed by atoms with Crippen molar-refractivity contribution in [3.05, 3.63) is 28.7 Å². The average Bonchev–Trinajstić information content (AvgIpc) is 3.19. The van der Waals surface area contributed by atoms with Crippen LogP contribution in [0.25, 0.3) is 0 Å². The van der Waals surface area contributed by atoms with Gasteiger partial charge in [-0.25, -0.2) is 4.98 Å². The van der Waals surface area contributed by atoms with E-state index in [9.17, 15) is 18.0 Å². The van der Waals surface area contributed by atoms with E-state index in [4.69, 9.17) is 0 Å². The lowest BCUT2D eigenvalue weighted by molar-refractivity contribution is -0.168. The summed E-state index contributed by atoms with van der Waals surface area (Å²) in [4.78, 5) is 17.2. The molecule has 1 N–H and O–H groups in total. The van der Waals surface area contributed by atoms with Gasteiger partial charge < -0.3 is 10.2 Å². The first kappa shape index (κ1) is 15.7. The zero-order chi connectivity index (χ0) is 16.4. The first-order valence-corrected chi connectivity index (χ1v) is 7.72. The van der Waals surface area contributed by atoms with E-state index in [1.807, 2.05) is 0 Å². The van der Waals surface area contributed by atoms with Gasteiger partial charge in [-0.05, 0) is 18.6 Å². The first-order chi connectivity index (χ1) is 10.9. The highest BCUT2D eigenvalue weighted by Crippen LogP contribution is 2.34. The van der Waals surface area contributed by atoms with Gasteiger partial charge in [-0.1, -0.05) is 0 Å². The van der Waals surface area contributed by atoms with Crippen LogP contribution in [-0.2, 0) is 0 Å². The monoisotopic (exact) mass is 343 g/mol. The predicted octanol–water partition coefficient (Wildman–Crippen LogP) is 2.57. The van der Waals surface area contributed by atoms with Crippen LogP contribution in [0.4, 0.5) is 24.8 Å². The number of aromatic nitrogens is 3. The van der Waals surface area contributed by atoms with Gasteiger partial charge in [-0.2, -0.15) is 13.2 Å². The van der Waals surface area contributed by atoms with Gasteiger partial charge in [-0.15, -0.1) is 21.5 Å². The summed E-state index contributed by atoms with van der Waals surface area (Å²) in [5, 5.41) is 11.8. The van der Waals surface area contributed by atoms with E-state index in [-0.39, 0.29) is 31.0 Å². The molecule has 2 aromatic rings. The molecule has 0 bridgehead atoms. The topological polar surface area (TPSA) is 71.0 Å². The third kappa shape index (κ3) is 3.58. The molecular weight excluding hydrogens is 331 g/mol. The third-order valence-electron chi connectivity index (χ3n) is 3.53. The van der Waals surface area contributed by atoms with Crippen molar-refractivity contribution in [1.29, 1.82) is 0 Å². The molecule has 122 valence electrons. The van der Waals surface area contributed by atoms with Gasteiger partial charge in [0.25, 0.3) is 5.91 Å². The molecular formula is C13H12F3N5OS. The van der Waals surface area contributed by atoms with Crippen molar-refractivity contribution in [2.24, 2.45) is 5.92 Å². The molecule has 1 amide bonds. The van der Waals surface area contributed by atoms with Crippen LogP contribution < -0.4 is 10.2 Å².